The Morgan fingerprint density at radius 1 is 1.19 bits per heavy atom. The molecule has 0 spiro atoms. The van der Waals surface area contributed by atoms with Gasteiger partial charge in [0.2, 0.25) is 0 Å². The van der Waals surface area contributed by atoms with Gasteiger partial charge in [-0.15, -0.1) is 0 Å². The number of halogens is 2. The molecule has 0 fully saturated rings. The largest absolute Gasteiger partial charge is 0.497 e. The van der Waals surface area contributed by atoms with Crippen LogP contribution in [0.3, 0.4) is 0 Å². The summed E-state index contributed by atoms with van der Waals surface area (Å²) in [5, 5.41) is 0.941. The molecule has 108 valence electrons. The molecular weight excluding hydrogens is 309 g/mol. The zero-order chi connectivity index (χ0) is 15.1. The molecule has 3 rings (SSSR count). The summed E-state index contributed by atoms with van der Waals surface area (Å²) in [4.78, 5) is 4.62. The average molecular weight is 322 g/mol. The van der Waals surface area contributed by atoms with Gasteiger partial charge in [0.05, 0.1) is 28.9 Å². The first kappa shape index (κ1) is 14.0. The highest BCUT2D eigenvalue weighted by Gasteiger charge is 2.15. The van der Waals surface area contributed by atoms with Gasteiger partial charge in [-0.3, -0.25) is 0 Å². The summed E-state index contributed by atoms with van der Waals surface area (Å²) >= 11 is 12.2. The van der Waals surface area contributed by atoms with Crippen LogP contribution in [-0.4, -0.2) is 16.7 Å². The SMILES string of the molecule is COc1ccc2c(c1)nc(-c1cc(Cl)cc(Cl)c1N)n2C. The molecule has 3 aromatic rings. The standard InChI is InChI=1S/C15H13Cl2N3O/c1-20-13-4-3-9(21-2)7-12(13)19-15(20)10-5-8(16)6-11(17)14(10)18/h3-7H,18H2,1-2H3. The molecule has 0 aliphatic heterocycles. The zero-order valence-corrected chi connectivity index (χ0v) is 13.0. The van der Waals surface area contributed by atoms with Crippen molar-refractivity contribution in [1.82, 2.24) is 9.55 Å². The first-order chi connectivity index (χ1) is 10.0. The van der Waals surface area contributed by atoms with E-state index in [0.717, 1.165) is 16.8 Å². The Balaban J connectivity index is 2.28. The molecule has 1 heterocycles. The zero-order valence-electron chi connectivity index (χ0n) is 11.5. The van der Waals surface area contributed by atoms with Gasteiger partial charge in [0.25, 0.3) is 0 Å². The van der Waals surface area contributed by atoms with Crippen molar-refractivity contribution in [2.75, 3.05) is 12.8 Å². The van der Waals surface area contributed by atoms with E-state index in [-0.39, 0.29) is 0 Å². The number of methoxy groups -OCH3 is 1. The van der Waals surface area contributed by atoms with E-state index in [1.807, 2.05) is 29.8 Å². The summed E-state index contributed by atoms with van der Waals surface area (Å²) < 4.78 is 7.17. The summed E-state index contributed by atoms with van der Waals surface area (Å²) in [6, 6.07) is 9.10. The topological polar surface area (TPSA) is 53.1 Å². The normalized spacial score (nSPS) is 11.0. The van der Waals surface area contributed by atoms with Crippen LogP contribution >= 0.6 is 23.2 Å². The predicted octanol–water partition coefficient (Wildman–Crippen LogP) is 4.14. The van der Waals surface area contributed by atoms with Gasteiger partial charge in [-0.2, -0.15) is 0 Å². The molecule has 4 nitrogen and oxygen atoms in total. The van der Waals surface area contributed by atoms with Gasteiger partial charge in [-0.05, 0) is 24.3 Å². The van der Waals surface area contributed by atoms with Gasteiger partial charge in [0.15, 0.2) is 0 Å². The third-order valence-electron chi connectivity index (χ3n) is 3.42. The first-order valence-electron chi connectivity index (χ1n) is 6.26. The number of anilines is 1. The van der Waals surface area contributed by atoms with Gasteiger partial charge in [-0.25, -0.2) is 4.98 Å². The van der Waals surface area contributed by atoms with E-state index >= 15 is 0 Å². The van der Waals surface area contributed by atoms with Gasteiger partial charge >= 0.3 is 0 Å². The van der Waals surface area contributed by atoms with E-state index in [1.54, 1.807) is 19.2 Å². The molecule has 0 aliphatic rings. The van der Waals surface area contributed by atoms with Crippen LogP contribution in [0, 0.1) is 0 Å². The van der Waals surface area contributed by atoms with Crippen molar-refractivity contribution in [3.63, 3.8) is 0 Å². The molecule has 0 saturated carbocycles. The second-order valence-electron chi connectivity index (χ2n) is 4.70. The lowest BCUT2D eigenvalue weighted by Crippen LogP contribution is -1.97. The highest BCUT2D eigenvalue weighted by atomic mass is 35.5. The summed E-state index contributed by atoms with van der Waals surface area (Å²) in [5.74, 6) is 1.46. The number of rotatable bonds is 2. The van der Waals surface area contributed by atoms with Crippen molar-refractivity contribution in [3.05, 3.63) is 40.4 Å². The van der Waals surface area contributed by atoms with Crippen molar-refractivity contribution >= 4 is 39.9 Å². The Hall–Kier alpha value is -1.91. The highest BCUT2D eigenvalue weighted by Crippen LogP contribution is 2.35. The number of ether oxygens (including phenoxy) is 1. The van der Waals surface area contributed by atoms with E-state index in [0.29, 0.717) is 27.1 Å². The number of imidazole rings is 1. The Kier molecular flexibility index (Phi) is 3.43. The molecule has 0 bridgehead atoms. The molecule has 21 heavy (non-hydrogen) atoms. The monoisotopic (exact) mass is 321 g/mol. The fraction of sp³-hybridized carbons (Fsp3) is 0.133. The third kappa shape index (κ3) is 2.30. The van der Waals surface area contributed by atoms with Crippen molar-refractivity contribution in [2.45, 2.75) is 0 Å². The minimum absolute atomic E-state index is 0.419. The Morgan fingerprint density at radius 2 is 1.95 bits per heavy atom. The molecule has 0 unspecified atom stereocenters. The number of aryl methyl sites for hydroxylation is 1. The van der Waals surface area contributed by atoms with Crippen LogP contribution in [0.4, 0.5) is 5.69 Å². The Labute approximate surface area is 132 Å². The molecule has 0 radical (unpaired) electrons. The highest BCUT2D eigenvalue weighted by molar-refractivity contribution is 6.37. The second-order valence-corrected chi connectivity index (χ2v) is 5.54. The lowest BCUT2D eigenvalue weighted by Gasteiger charge is -2.08. The molecule has 1 aromatic heterocycles. The number of benzene rings is 2. The Bertz CT molecular complexity index is 843. The number of nitrogens with zero attached hydrogens (tertiary/aromatic N) is 2. The maximum Gasteiger partial charge on any atom is 0.143 e. The number of nitrogens with two attached hydrogens (primary N) is 1. The molecule has 0 amide bonds. The lowest BCUT2D eigenvalue weighted by atomic mass is 10.1. The fourth-order valence-corrected chi connectivity index (χ4v) is 2.81. The van der Waals surface area contributed by atoms with E-state index < -0.39 is 0 Å². The number of nitrogen functional groups attached to an aromatic ring is 1. The maximum atomic E-state index is 6.10. The summed E-state index contributed by atoms with van der Waals surface area (Å²) in [6.45, 7) is 0. The average Bonchev–Trinajstić information content (AvgIpc) is 2.79. The lowest BCUT2D eigenvalue weighted by molar-refractivity contribution is 0.415. The van der Waals surface area contributed by atoms with Crippen molar-refractivity contribution in [2.24, 2.45) is 7.05 Å². The quantitative estimate of drug-likeness (QED) is 0.722. The van der Waals surface area contributed by atoms with E-state index in [1.165, 1.54) is 0 Å². The fourth-order valence-electron chi connectivity index (χ4n) is 2.32. The molecule has 2 N–H and O–H groups in total. The summed E-state index contributed by atoms with van der Waals surface area (Å²) in [6.07, 6.45) is 0. The van der Waals surface area contributed by atoms with Crippen molar-refractivity contribution in [1.29, 1.82) is 0 Å². The molecule has 6 heteroatoms. The summed E-state index contributed by atoms with van der Waals surface area (Å²) in [7, 11) is 3.55. The van der Waals surface area contributed by atoms with Crippen LogP contribution in [-0.2, 0) is 7.05 Å². The Morgan fingerprint density at radius 3 is 2.67 bits per heavy atom. The van der Waals surface area contributed by atoms with Crippen LogP contribution < -0.4 is 10.5 Å². The summed E-state index contributed by atoms with van der Waals surface area (Å²) in [5.41, 5.74) is 9.03. The molecule has 0 aliphatic carbocycles. The third-order valence-corrected chi connectivity index (χ3v) is 3.95. The number of hydrogen-bond acceptors (Lipinski definition) is 3. The smallest absolute Gasteiger partial charge is 0.143 e. The van der Waals surface area contributed by atoms with Crippen LogP contribution in [0.15, 0.2) is 30.3 Å². The minimum atomic E-state index is 0.419. The second kappa shape index (κ2) is 5.13. The minimum Gasteiger partial charge on any atom is -0.497 e. The van der Waals surface area contributed by atoms with Crippen LogP contribution in [0.1, 0.15) is 0 Å². The predicted molar refractivity (Wildman–Crippen MR) is 87.1 cm³/mol. The number of hydrogen-bond donors (Lipinski definition) is 1. The van der Waals surface area contributed by atoms with Crippen LogP contribution in [0.2, 0.25) is 10.0 Å². The number of aromatic nitrogens is 2. The van der Waals surface area contributed by atoms with Gasteiger partial charge in [0, 0.05) is 23.7 Å². The molecule has 0 atom stereocenters. The molecular formula is C15H13Cl2N3O. The van der Waals surface area contributed by atoms with Crippen molar-refractivity contribution < 1.29 is 4.74 Å². The molecule has 0 saturated heterocycles. The van der Waals surface area contributed by atoms with Gasteiger partial charge in [0.1, 0.15) is 11.6 Å². The van der Waals surface area contributed by atoms with E-state index in [4.69, 9.17) is 33.7 Å². The van der Waals surface area contributed by atoms with Gasteiger partial charge in [-0.1, -0.05) is 23.2 Å². The molecule has 2 aromatic carbocycles. The van der Waals surface area contributed by atoms with E-state index in [2.05, 4.69) is 4.98 Å². The van der Waals surface area contributed by atoms with Crippen LogP contribution in [0.25, 0.3) is 22.4 Å². The first-order valence-corrected chi connectivity index (χ1v) is 7.02. The van der Waals surface area contributed by atoms with Crippen LogP contribution in [0.5, 0.6) is 5.75 Å². The van der Waals surface area contributed by atoms with E-state index in [9.17, 15) is 0 Å². The maximum absolute atomic E-state index is 6.10. The van der Waals surface area contributed by atoms with Crippen molar-refractivity contribution in [3.8, 4) is 17.1 Å². The van der Waals surface area contributed by atoms with Gasteiger partial charge < -0.3 is 15.0 Å². The number of fused-ring (bicyclic) bond motifs is 1.